The Morgan fingerprint density at radius 1 is 1.05 bits per heavy atom. The highest BCUT2D eigenvalue weighted by molar-refractivity contribution is 5.86. The molecule has 1 fully saturated rings. The maximum atomic E-state index is 11.9. The Balaban J connectivity index is 2.88. The molecule has 0 aliphatic heterocycles. The first-order valence-electron chi connectivity index (χ1n) is 7.73. The van der Waals surface area contributed by atoms with Crippen LogP contribution >= 0.6 is 0 Å². The van der Waals surface area contributed by atoms with Gasteiger partial charge < -0.3 is 10.2 Å². The van der Waals surface area contributed by atoms with Crippen molar-refractivity contribution in [3.8, 4) is 0 Å². The van der Waals surface area contributed by atoms with Crippen molar-refractivity contribution in [2.75, 3.05) is 0 Å². The van der Waals surface area contributed by atoms with Crippen LogP contribution in [0.1, 0.15) is 72.1 Å². The quantitative estimate of drug-likeness (QED) is 0.694. The SMILES string of the molecule is CC(C)CCCCC1(C(=O)O)CCCCC1(C)C(=O)O. The van der Waals surface area contributed by atoms with E-state index >= 15 is 0 Å². The van der Waals surface area contributed by atoms with Gasteiger partial charge in [0.1, 0.15) is 0 Å². The molecule has 0 amide bonds. The maximum Gasteiger partial charge on any atom is 0.310 e. The van der Waals surface area contributed by atoms with E-state index in [1.54, 1.807) is 6.92 Å². The highest BCUT2D eigenvalue weighted by Crippen LogP contribution is 2.54. The Hall–Kier alpha value is -1.06. The second-order valence-corrected chi connectivity index (χ2v) is 6.87. The second-order valence-electron chi connectivity index (χ2n) is 6.87. The molecule has 2 unspecified atom stereocenters. The van der Waals surface area contributed by atoms with E-state index in [4.69, 9.17) is 0 Å². The van der Waals surface area contributed by atoms with Crippen LogP contribution in [0.15, 0.2) is 0 Å². The summed E-state index contributed by atoms with van der Waals surface area (Å²) in [5.41, 5.74) is -2.22. The van der Waals surface area contributed by atoms with Crippen molar-refractivity contribution in [2.24, 2.45) is 16.7 Å². The number of aliphatic carboxylic acids is 2. The van der Waals surface area contributed by atoms with E-state index in [9.17, 15) is 19.8 Å². The summed E-state index contributed by atoms with van der Waals surface area (Å²) in [5.74, 6) is -1.27. The highest BCUT2D eigenvalue weighted by Gasteiger charge is 2.58. The van der Waals surface area contributed by atoms with Crippen LogP contribution < -0.4 is 0 Å². The largest absolute Gasteiger partial charge is 0.481 e. The fraction of sp³-hybridized carbons (Fsp3) is 0.875. The van der Waals surface area contributed by atoms with Crippen LogP contribution in [0.5, 0.6) is 0 Å². The third-order valence-electron chi connectivity index (χ3n) is 5.10. The molecular formula is C16H28O4. The summed E-state index contributed by atoms with van der Waals surface area (Å²) in [6, 6.07) is 0. The lowest BCUT2D eigenvalue weighted by Gasteiger charge is -2.46. The third kappa shape index (κ3) is 3.15. The monoisotopic (exact) mass is 284 g/mol. The van der Waals surface area contributed by atoms with Gasteiger partial charge >= 0.3 is 11.9 Å². The van der Waals surface area contributed by atoms with E-state index in [-0.39, 0.29) is 0 Å². The molecule has 20 heavy (non-hydrogen) atoms. The number of hydrogen-bond donors (Lipinski definition) is 2. The van der Waals surface area contributed by atoms with E-state index in [0.29, 0.717) is 25.2 Å². The molecule has 1 saturated carbocycles. The van der Waals surface area contributed by atoms with E-state index < -0.39 is 22.8 Å². The molecule has 0 bridgehead atoms. The summed E-state index contributed by atoms with van der Waals surface area (Å²) < 4.78 is 0. The molecule has 0 radical (unpaired) electrons. The topological polar surface area (TPSA) is 74.6 Å². The number of carboxylic acids is 2. The fourth-order valence-electron chi connectivity index (χ4n) is 3.56. The molecule has 4 heteroatoms. The molecule has 0 aromatic carbocycles. The Kier molecular flexibility index (Phi) is 5.60. The van der Waals surface area contributed by atoms with Gasteiger partial charge in [-0.05, 0) is 32.1 Å². The molecule has 0 spiro atoms. The first-order valence-corrected chi connectivity index (χ1v) is 7.73. The zero-order chi connectivity index (χ0) is 15.4. The molecule has 0 saturated heterocycles. The van der Waals surface area contributed by atoms with Crippen molar-refractivity contribution in [2.45, 2.75) is 72.1 Å². The van der Waals surface area contributed by atoms with Crippen LogP contribution in [-0.2, 0) is 9.59 Å². The van der Waals surface area contributed by atoms with E-state index in [2.05, 4.69) is 13.8 Å². The van der Waals surface area contributed by atoms with Gasteiger partial charge in [-0.3, -0.25) is 9.59 Å². The van der Waals surface area contributed by atoms with Crippen LogP contribution in [0.2, 0.25) is 0 Å². The summed E-state index contributed by atoms with van der Waals surface area (Å²) in [6.07, 6.45) is 5.92. The number of hydrogen-bond acceptors (Lipinski definition) is 2. The van der Waals surface area contributed by atoms with Gasteiger partial charge in [-0.1, -0.05) is 46.0 Å². The average molecular weight is 284 g/mol. The standard InChI is InChI=1S/C16H28O4/c1-12(2)8-4-5-10-16(14(19)20)11-7-6-9-15(16,3)13(17)18/h12H,4-11H2,1-3H3,(H,17,18)(H,19,20). The zero-order valence-electron chi connectivity index (χ0n) is 12.9. The molecule has 1 aliphatic rings. The van der Waals surface area contributed by atoms with Gasteiger partial charge in [0, 0.05) is 0 Å². The number of unbranched alkanes of at least 4 members (excludes halogenated alkanes) is 1. The smallest absolute Gasteiger partial charge is 0.310 e. The van der Waals surface area contributed by atoms with Crippen LogP contribution in [0.25, 0.3) is 0 Å². The molecule has 0 heterocycles. The maximum absolute atomic E-state index is 11.9. The van der Waals surface area contributed by atoms with Crippen molar-refractivity contribution < 1.29 is 19.8 Å². The van der Waals surface area contributed by atoms with Gasteiger partial charge in [-0.15, -0.1) is 0 Å². The summed E-state index contributed by atoms with van der Waals surface area (Å²) in [5, 5.41) is 19.3. The Morgan fingerprint density at radius 3 is 2.15 bits per heavy atom. The number of rotatable bonds is 7. The lowest BCUT2D eigenvalue weighted by atomic mass is 9.55. The lowest BCUT2D eigenvalue weighted by Crippen LogP contribution is -2.52. The summed E-state index contributed by atoms with van der Waals surface area (Å²) >= 11 is 0. The summed E-state index contributed by atoms with van der Waals surface area (Å²) in [4.78, 5) is 23.5. The molecule has 2 atom stereocenters. The molecule has 116 valence electrons. The number of carbonyl (C=O) groups is 2. The molecule has 0 aromatic heterocycles. The second kappa shape index (κ2) is 6.59. The minimum Gasteiger partial charge on any atom is -0.481 e. The van der Waals surface area contributed by atoms with E-state index in [1.807, 2.05) is 0 Å². The van der Waals surface area contributed by atoms with E-state index in [0.717, 1.165) is 32.1 Å². The van der Waals surface area contributed by atoms with Crippen LogP contribution in [0.4, 0.5) is 0 Å². The Labute approximate surface area is 121 Å². The molecule has 2 N–H and O–H groups in total. The Bertz CT molecular complexity index is 363. The van der Waals surface area contributed by atoms with Crippen molar-refractivity contribution >= 4 is 11.9 Å². The first-order chi connectivity index (χ1) is 9.26. The predicted molar refractivity (Wildman–Crippen MR) is 77.6 cm³/mol. The number of carboxylic acid groups (broad SMARTS) is 2. The van der Waals surface area contributed by atoms with Crippen molar-refractivity contribution in [1.29, 1.82) is 0 Å². The van der Waals surface area contributed by atoms with Crippen LogP contribution in [-0.4, -0.2) is 22.2 Å². The molecule has 1 aliphatic carbocycles. The molecule has 0 aromatic rings. The van der Waals surface area contributed by atoms with Crippen LogP contribution in [0.3, 0.4) is 0 Å². The van der Waals surface area contributed by atoms with Gasteiger partial charge in [-0.2, -0.15) is 0 Å². The van der Waals surface area contributed by atoms with Crippen molar-refractivity contribution in [3.05, 3.63) is 0 Å². The minimum absolute atomic E-state index is 0.471. The van der Waals surface area contributed by atoms with Gasteiger partial charge in [0.05, 0.1) is 10.8 Å². The predicted octanol–water partition coefficient (Wildman–Crippen LogP) is 3.94. The summed E-state index contributed by atoms with van der Waals surface area (Å²) in [6.45, 7) is 5.93. The molecule has 4 nitrogen and oxygen atoms in total. The van der Waals surface area contributed by atoms with Gasteiger partial charge in [0.25, 0.3) is 0 Å². The fourth-order valence-corrected chi connectivity index (χ4v) is 3.56. The van der Waals surface area contributed by atoms with Gasteiger partial charge in [0.2, 0.25) is 0 Å². The Morgan fingerprint density at radius 2 is 1.65 bits per heavy atom. The molecule has 1 rings (SSSR count). The highest BCUT2D eigenvalue weighted by atomic mass is 16.4. The van der Waals surface area contributed by atoms with Gasteiger partial charge in [0.15, 0.2) is 0 Å². The zero-order valence-corrected chi connectivity index (χ0v) is 12.9. The van der Waals surface area contributed by atoms with Crippen molar-refractivity contribution in [3.63, 3.8) is 0 Å². The van der Waals surface area contributed by atoms with Crippen molar-refractivity contribution in [1.82, 2.24) is 0 Å². The molecular weight excluding hydrogens is 256 g/mol. The van der Waals surface area contributed by atoms with Gasteiger partial charge in [-0.25, -0.2) is 0 Å². The van der Waals surface area contributed by atoms with Crippen LogP contribution in [0, 0.1) is 16.7 Å². The summed E-state index contributed by atoms with van der Waals surface area (Å²) in [7, 11) is 0. The first kappa shape index (κ1) is 17.0. The van der Waals surface area contributed by atoms with E-state index in [1.165, 1.54) is 0 Å². The normalized spacial score (nSPS) is 30.4. The lowest BCUT2D eigenvalue weighted by molar-refractivity contribution is -0.179. The average Bonchev–Trinajstić information content (AvgIpc) is 2.36. The third-order valence-corrected chi connectivity index (χ3v) is 5.10. The minimum atomic E-state index is -1.13.